The fraction of sp³-hybridized carbons (Fsp3) is 0.333. The van der Waals surface area contributed by atoms with Crippen molar-refractivity contribution in [2.45, 2.75) is 45.8 Å². The summed E-state index contributed by atoms with van der Waals surface area (Å²) < 4.78 is 16.7. The molecule has 0 unspecified atom stereocenters. The number of nitrogens with one attached hydrogen (secondary N) is 1. The highest BCUT2D eigenvalue weighted by Crippen LogP contribution is 2.23. The van der Waals surface area contributed by atoms with Crippen LogP contribution in [0.5, 0.6) is 5.75 Å². The Bertz CT molecular complexity index is 1540. The minimum absolute atomic E-state index is 0.0750. The molecule has 0 spiro atoms. The third kappa shape index (κ3) is 10.2. The van der Waals surface area contributed by atoms with E-state index in [0.29, 0.717) is 26.4 Å². The molecule has 1 N–H and O–H groups in total. The maximum Gasteiger partial charge on any atom is 0.410 e. The first-order chi connectivity index (χ1) is 23.5. The van der Waals surface area contributed by atoms with E-state index in [9.17, 15) is 9.59 Å². The Kier molecular flexibility index (Phi) is 12.7. The molecular formula is C39H46N4O5. The first-order valence-electron chi connectivity index (χ1n) is 16.6. The summed E-state index contributed by atoms with van der Waals surface area (Å²) in [5, 5.41) is 3.24. The van der Waals surface area contributed by atoms with Gasteiger partial charge in [-0.1, -0.05) is 91.0 Å². The van der Waals surface area contributed by atoms with Crippen molar-refractivity contribution in [2.75, 3.05) is 44.2 Å². The van der Waals surface area contributed by atoms with Crippen LogP contribution in [0.3, 0.4) is 0 Å². The molecule has 2 fully saturated rings. The lowest BCUT2D eigenvalue weighted by molar-refractivity contribution is 0.0758. The Hall–Kier alpha value is -5.02. The van der Waals surface area contributed by atoms with Gasteiger partial charge in [0.2, 0.25) is 0 Å². The molecule has 0 aromatic heterocycles. The molecule has 4 aromatic carbocycles. The Morgan fingerprint density at radius 3 is 1.62 bits per heavy atom. The summed E-state index contributed by atoms with van der Waals surface area (Å²) in [6.07, 6.45) is -0.469. The number of amides is 2. The topological polar surface area (TPSA) is 83.6 Å². The van der Waals surface area contributed by atoms with Crippen LogP contribution in [-0.2, 0) is 29.3 Å². The molecule has 2 amide bonds. The van der Waals surface area contributed by atoms with Crippen LogP contribution in [0, 0.1) is 0 Å². The number of nitrogens with zero attached hydrogens (tertiary/aromatic N) is 3. The van der Waals surface area contributed by atoms with Crippen molar-refractivity contribution in [3.63, 3.8) is 0 Å². The number of hydrogen-bond donors (Lipinski definition) is 1. The highest BCUT2D eigenvalue weighted by Gasteiger charge is 2.29. The zero-order valence-corrected chi connectivity index (χ0v) is 27.9. The molecular weight excluding hydrogens is 604 g/mol. The third-order valence-corrected chi connectivity index (χ3v) is 8.46. The van der Waals surface area contributed by atoms with E-state index in [1.165, 1.54) is 0 Å². The van der Waals surface area contributed by atoms with E-state index in [2.05, 4.69) is 41.4 Å². The van der Waals surface area contributed by atoms with E-state index >= 15 is 0 Å². The van der Waals surface area contributed by atoms with Crippen molar-refractivity contribution in [3.05, 3.63) is 132 Å². The predicted octanol–water partition coefficient (Wildman–Crippen LogP) is 6.73. The zero-order valence-electron chi connectivity index (χ0n) is 27.9. The van der Waals surface area contributed by atoms with Crippen LogP contribution in [0.25, 0.3) is 0 Å². The maximum atomic E-state index is 12.5. The number of piperazine rings is 2. The SMILES string of the molecule is C[C@@H]1CN(c2ccc(OCc3ccccc3)cc2)CCN1C(=O)OCc1ccccc1.C[C@@H]1CNCCN1C(=O)OCc1ccccc1. The van der Waals surface area contributed by atoms with E-state index in [1.807, 2.05) is 103 Å². The van der Waals surface area contributed by atoms with Crippen molar-refractivity contribution < 1.29 is 23.8 Å². The number of benzene rings is 4. The van der Waals surface area contributed by atoms with Gasteiger partial charge in [-0.05, 0) is 54.8 Å². The largest absolute Gasteiger partial charge is 0.489 e. The van der Waals surface area contributed by atoms with Crippen LogP contribution in [0.15, 0.2) is 115 Å². The number of ether oxygens (including phenoxy) is 3. The highest BCUT2D eigenvalue weighted by molar-refractivity contribution is 5.69. The molecule has 2 heterocycles. The van der Waals surface area contributed by atoms with Gasteiger partial charge >= 0.3 is 12.2 Å². The minimum atomic E-state index is -0.249. The summed E-state index contributed by atoms with van der Waals surface area (Å²) >= 11 is 0. The summed E-state index contributed by atoms with van der Waals surface area (Å²) in [4.78, 5) is 30.3. The molecule has 2 atom stereocenters. The van der Waals surface area contributed by atoms with Gasteiger partial charge in [0.05, 0.1) is 0 Å². The average molecular weight is 651 g/mol. The predicted molar refractivity (Wildman–Crippen MR) is 188 cm³/mol. The standard InChI is InChI=1S/C26H28N2O3.C13H18N2O2/c1-21-18-27(16-17-28(21)26(29)31-20-23-10-6-3-7-11-23)24-12-14-25(15-13-24)30-19-22-8-4-2-5-9-22;1-11-9-14-7-8-15(11)13(16)17-10-12-5-3-2-4-6-12/h2-15,21H,16-20H2,1H3;2-6,11,14H,7-10H2,1H3/t21-;11-/m11/s1. The van der Waals surface area contributed by atoms with Gasteiger partial charge in [0.1, 0.15) is 25.6 Å². The Balaban J connectivity index is 0.000000224. The maximum absolute atomic E-state index is 12.5. The van der Waals surface area contributed by atoms with E-state index in [1.54, 1.807) is 4.90 Å². The number of carbonyl (C=O) groups excluding carboxylic acids is 2. The lowest BCUT2D eigenvalue weighted by Crippen LogP contribution is -2.54. The van der Waals surface area contributed by atoms with Crippen molar-refractivity contribution in [1.29, 1.82) is 0 Å². The lowest BCUT2D eigenvalue weighted by atomic mass is 10.1. The average Bonchev–Trinajstić information content (AvgIpc) is 3.14. The third-order valence-electron chi connectivity index (χ3n) is 8.46. The normalized spacial score (nSPS) is 17.5. The van der Waals surface area contributed by atoms with Crippen molar-refractivity contribution in [1.82, 2.24) is 15.1 Å². The Morgan fingerprint density at radius 2 is 1.12 bits per heavy atom. The first kappa shape index (κ1) is 34.3. The van der Waals surface area contributed by atoms with E-state index in [4.69, 9.17) is 14.2 Å². The molecule has 2 saturated heterocycles. The fourth-order valence-electron chi connectivity index (χ4n) is 5.67. The van der Waals surface area contributed by atoms with Crippen molar-refractivity contribution in [3.8, 4) is 5.75 Å². The molecule has 6 rings (SSSR count). The number of hydrogen-bond acceptors (Lipinski definition) is 7. The second-order valence-corrected chi connectivity index (χ2v) is 12.1. The molecule has 9 heteroatoms. The molecule has 48 heavy (non-hydrogen) atoms. The summed E-state index contributed by atoms with van der Waals surface area (Å²) in [5.41, 5.74) is 4.30. The summed E-state index contributed by atoms with van der Waals surface area (Å²) in [6.45, 7) is 9.86. The fourth-order valence-corrected chi connectivity index (χ4v) is 5.67. The zero-order chi connectivity index (χ0) is 33.6. The molecule has 2 aliphatic rings. The van der Waals surface area contributed by atoms with Crippen molar-refractivity contribution in [2.24, 2.45) is 0 Å². The number of carbonyl (C=O) groups is 2. The van der Waals surface area contributed by atoms with E-state index < -0.39 is 0 Å². The van der Waals surface area contributed by atoms with Crippen LogP contribution in [0.4, 0.5) is 15.3 Å². The summed E-state index contributed by atoms with van der Waals surface area (Å²) in [6, 6.07) is 38.1. The Labute approximate surface area is 284 Å². The minimum Gasteiger partial charge on any atom is -0.489 e. The van der Waals surface area contributed by atoms with E-state index in [-0.39, 0.29) is 24.3 Å². The van der Waals surface area contributed by atoms with Gasteiger partial charge in [0.25, 0.3) is 0 Å². The Morgan fingerprint density at radius 1 is 0.625 bits per heavy atom. The summed E-state index contributed by atoms with van der Waals surface area (Å²) in [7, 11) is 0. The quantitative estimate of drug-likeness (QED) is 0.227. The number of anilines is 1. The lowest BCUT2D eigenvalue weighted by Gasteiger charge is -2.40. The molecule has 0 radical (unpaired) electrons. The van der Waals surface area contributed by atoms with Crippen LogP contribution < -0.4 is 15.0 Å². The molecule has 2 aliphatic heterocycles. The van der Waals surface area contributed by atoms with Gasteiger partial charge in [0.15, 0.2) is 0 Å². The summed E-state index contributed by atoms with van der Waals surface area (Å²) in [5.74, 6) is 0.851. The van der Waals surface area contributed by atoms with Crippen LogP contribution in [0.2, 0.25) is 0 Å². The van der Waals surface area contributed by atoms with Crippen LogP contribution >= 0.6 is 0 Å². The monoisotopic (exact) mass is 650 g/mol. The highest BCUT2D eigenvalue weighted by atomic mass is 16.6. The van der Waals surface area contributed by atoms with Gasteiger partial charge in [-0.15, -0.1) is 0 Å². The van der Waals surface area contributed by atoms with Gasteiger partial charge in [0, 0.05) is 57.0 Å². The van der Waals surface area contributed by atoms with Crippen LogP contribution in [-0.4, -0.2) is 73.3 Å². The second kappa shape index (κ2) is 17.8. The smallest absolute Gasteiger partial charge is 0.410 e. The van der Waals surface area contributed by atoms with Gasteiger partial charge < -0.3 is 34.2 Å². The van der Waals surface area contributed by atoms with Crippen molar-refractivity contribution >= 4 is 17.9 Å². The molecule has 0 bridgehead atoms. The molecule has 4 aromatic rings. The molecule has 9 nitrogen and oxygen atoms in total. The number of rotatable bonds is 8. The molecule has 0 aliphatic carbocycles. The van der Waals surface area contributed by atoms with Gasteiger partial charge in [-0.2, -0.15) is 0 Å². The van der Waals surface area contributed by atoms with E-state index in [0.717, 1.165) is 60.9 Å². The van der Waals surface area contributed by atoms with Gasteiger partial charge in [-0.3, -0.25) is 0 Å². The van der Waals surface area contributed by atoms with Crippen LogP contribution in [0.1, 0.15) is 30.5 Å². The van der Waals surface area contributed by atoms with Gasteiger partial charge in [-0.25, -0.2) is 9.59 Å². The molecule has 252 valence electrons. The first-order valence-corrected chi connectivity index (χ1v) is 16.6. The second-order valence-electron chi connectivity index (χ2n) is 12.1. The molecule has 0 saturated carbocycles.